The lowest BCUT2D eigenvalue weighted by atomic mass is 9.68. The highest BCUT2D eigenvalue weighted by atomic mass is 32.1. The first kappa shape index (κ1) is 18.2. The Labute approximate surface area is 164 Å². The van der Waals surface area contributed by atoms with Crippen LogP contribution in [0, 0.1) is 5.92 Å². The summed E-state index contributed by atoms with van der Waals surface area (Å²) < 4.78 is 0. The van der Waals surface area contributed by atoms with Crippen molar-refractivity contribution in [3.05, 3.63) is 52.2 Å². The molecule has 0 bridgehead atoms. The molecule has 1 aliphatic carbocycles. The molecule has 1 aromatic heterocycles. The molecule has 1 saturated carbocycles. The lowest BCUT2D eigenvalue weighted by Crippen LogP contribution is -2.58. The number of anilines is 1. The first-order valence-corrected chi connectivity index (χ1v) is 10.8. The van der Waals surface area contributed by atoms with E-state index < -0.39 is 0 Å². The maximum atomic E-state index is 13.2. The van der Waals surface area contributed by atoms with Crippen molar-refractivity contribution in [2.24, 2.45) is 5.92 Å². The highest BCUT2D eigenvalue weighted by Crippen LogP contribution is 2.44. The van der Waals surface area contributed by atoms with Gasteiger partial charge in [0.15, 0.2) is 0 Å². The van der Waals surface area contributed by atoms with Crippen LogP contribution in [-0.2, 0) is 0 Å². The van der Waals surface area contributed by atoms with Gasteiger partial charge in [-0.1, -0.05) is 12.8 Å². The Morgan fingerprint density at radius 2 is 1.85 bits per heavy atom. The predicted molar refractivity (Wildman–Crippen MR) is 109 cm³/mol. The number of piperidine rings is 1. The van der Waals surface area contributed by atoms with Gasteiger partial charge in [0.2, 0.25) is 0 Å². The molecular weight excluding hydrogens is 356 g/mol. The third kappa shape index (κ3) is 3.53. The molecule has 2 amide bonds. The minimum Gasteiger partial charge on any atom is -0.333 e. The minimum atomic E-state index is -0.121. The molecule has 142 valence electrons. The molecule has 27 heavy (non-hydrogen) atoms. The van der Waals surface area contributed by atoms with Crippen molar-refractivity contribution in [1.29, 1.82) is 0 Å². The summed E-state index contributed by atoms with van der Waals surface area (Å²) in [7, 11) is 0. The maximum absolute atomic E-state index is 13.2. The fraction of sp³-hybridized carbons (Fsp3) is 0.455. The zero-order valence-corrected chi connectivity index (χ0v) is 16.6. The van der Waals surface area contributed by atoms with E-state index in [-0.39, 0.29) is 17.4 Å². The van der Waals surface area contributed by atoms with E-state index in [1.807, 2.05) is 35.0 Å². The van der Waals surface area contributed by atoms with E-state index in [9.17, 15) is 9.59 Å². The Morgan fingerprint density at radius 3 is 2.59 bits per heavy atom. The molecule has 1 unspecified atom stereocenters. The number of likely N-dealkylation sites (tertiary alicyclic amines) is 1. The van der Waals surface area contributed by atoms with Gasteiger partial charge in [0, 0.05) is 28.7 Å². The van der Waals surface area contributed by atoms with Crippen molar-refractivity contribution in [1.82, 2.24) is 4.90 Å². The summed E-state index contributed by atoms with van der Waals surface area (Å²) in [6, 6.07) is 9.11. The number of carbonyl (C=O) groups excluding carboxylic acids is 2. The van der Waals surface area contributed by atoms with Gasteiger partial charge in [-0.25, -0.2) is 0 Å². The van der Waals surface area contributed by atoms with E-state index in [4.69, 9.17) is 0 Å². The summed E-state index contributed by atoms with van der Waals surface area (Å²) in [5.41, 5.74) is 2.07. The molecule has 2 heterocycles. The number of hydrogen-bond acceptors (Lipinski definition) is 3. The third-order valence-electron chi connectivity index (χ3n) is 6.33. The number of nitrogens with one attached hydrogen (secondary N) is 1. The Bertz CT molecular complexity index is 813. The second-order valence-electron chi connectivity index (χ2n) is 7.94. The largest absolute Gasteiger partial charge is 0.333 e. The Hall–Kier alpha value is -2.14. The Kier molecular flexibility index (Phi) is 5.04. The van der Waals surface area contributed by atoms with Crippen LogP contribution < -0.4 is 5.32 Å². The van der Waals surface area contributed by atoms with Gasteiger partial charge in [0.25, 0.3) is 11.8 Å². The number of hydrogen-bond donors (Lipinski definition) is 1. The number of rotatable bonds is 3. The predicted octanol–water partition coefficient (Wildman–Crippen LogP) is 5.19. The van der Waals surface area contributed by atoms with Gasteiger partial charge in [-0.15, -0.1) is 0 Å². The minimum absolute atomic E-state index is 0.000575. The second kappa shape index (κ2) is 7.47. The number of amides is 2. The molecule has 1 aromatic carbocycles. The van der Waals surface area contributed by atoms with Crippen molar-refractivity contribution >= 4 is 28.8 Å². The highest BCUT2D eigenvalue weighted by Gasteiger charge is 2.45. The van der Waals surface area contributed by atoms with Crippen LogP contribution in [0.3, 0.4) is 0 Å². The molecular formula is C22H26N2O2S. The monoisotopic (exact) mass is 382 g/mol. The van der Waals surface area contributed by atoms with E-state index in [1.165, 1.54) is 37.0 Å². The van der Waals surface area contributed by atoms with Crippen molar-refractivity contribution < 1.29 is 9.59 Å². The van der Waals surface area contributed by atoms with Crippen LogP contribution in [0.4, 0.5) is 5.69 Å². The third-order valence-corrected chi connectivity index (χ3v) is 7.02. The lowest BCUT2D eigenvalue weighted by molar-refractivity contribution is -0.00970. The van der Waals surface area contributed by atoms with Crippen LogP contribution >= 0.6 is 11.3 Å². The summed E-state index contributed by atoms with van der Waals surface area (Å²) in [6.45, 7) is 3.13. The molecule has 1 N–H and O–H groups in total. The van der Waals surface area contributed by atoms with E-state index in [1.54, 1.807) is 6.07 Å². The van der Waals surface area contributed by atoms with Gasteiger partial charge in [-0.05, 0) is 74.2 Å². The Balaban J connectivity index is 1.48. The van der Waals surface area contributed by atoms with Crippen LogP contribution in [0.5, 0.6) is 0 Å². The molecule has 5 heteroatoms. The van der Waals surface area contributed by atoms with Gasteiger partial charge in [0.1, 0.15) is 0 Å². The summed E-state index contributed by atoms with van der Waals surface area (Å²) in [5, 5.41) is 6.59. The van der Waals surface area contributed by atoms with Crippen molar-refractivity contribution in [2.75, 3.05) is 11.9 Å². The Morgan fingerprint density at radius 1 is 1.07 bits per heavy atom. The van der Waals surface area contributed by atoms with E-state index in [0.29, 0.717) is 22.7 Å². The molecule has 4 nitrogen and oxygen atoms in total. The van der Waals surface area contributed by atoms with Gasteiger partial charge >= 0.3 is 0 Å². The average molecular weight is 383 g/mol. The van der Waals surface area contributed by atoms with Crippen molar-refractivity contribution in [3.8, 4) is 0 Å². The number of thiophene rings is 1. The van der Waals surface area contributed by atoms with Gasteiger partial charge in [-0.3, -0.25) is 9.59 Å². The zero-order chi connectivity index (χ0) is 18.9. The molecule has 2 aromatic rings. The molecule has 1 saturated heterocycles. The van der Waals surface area contributed by atoms with Crippen molar-refractivity contribution in [3.63, 3.8) is 0 Å². The molecule has 0 spiro atoms. The zero-order valence-electron chi connectivity index (χ0n) is 15.7. The quantitative estimate of drug-likeness (QED) is 0.795. The molecule has 2 aliphatic rings. The molecule has 1 aliphatic heterocycles. The van der Waals surface area contributed by atoms with E-state index in [2.05, 4.69) is 17.1 Å². The smallest absolute Gasteiger partial charge is 0.256 e. The number of nitrogens with zero attached hydrogens (tertiary/aromatic N) is 1. The van der Waals surface area contributed by atoms with Crippen LogP contribution in [-0.4, -0.2) is 28.8 Å². The maximum Gasteiger partial charge on any atom is 0.256 e. The molecule has 0 radical (unpaired) electrons. The summed E-state index contributed by atoms with van der Waals surface area (Å²) in [4.78, 5) is 27.5. The van der Waals surface area contributed by atoms with E-state index in [0.717, 1.165) is 19.4 Å². The average Bonchev–Trinajstić information content (AvgIpc) is 3.22. The molecule has 4 rings (SSSR count). The normalized spacial score (nSPS) is 24.9. The first-order valence-electron chi connectivity index (χ1n) is 9.83. The topological polar surface area (TPSA) is 49.4 Å². The van der Waals surface area contributed by atoms with E-state index >= 15 is 0 Å². The van der Waals surface area contributed by atoms with Gasteiger partial charge in [0.05, 0.1) is 5.56 Å². The van der Waals surface area contributed by atoms with Gasteiger partial charge in [-0.2, -0.15) is 11.3 Å². The van der Waals surface area contributed by atoms with Gasteiger partial charge < -0.3 is 10.2 Å². The summed E-state index contributed by atoms with van der Waals surface area (Å²) in [6.07, 6.45) is 7.20. The highest BCUT2D eigenvalue weighted by molar-refractivity contribution is 7.08. The summed E-state index contributed by atoms with van der Waals surface area (Å²) >= 11 is 1.50. The fourth-order valence-corrected chi connectivity index (χ4v) is 5.37. The first-order chi connectivity index (χ1) is 13.1. The number of carbonyl (C=O) groups is 2. The standard InChI is InChI=1S/C22H26N2O2S/c1-22-12-3-2-5-18(22)6-4-13-24(22)21(26)16-7-9-19(10-8-16)23-20(25)17-11-14-27-15-17/h7-11,14-15,18H,2-6,12-13H2,1H3,(H,23,25)/t18-,22?/m1/s1. The van der Waals surface area contributed by atoms with Crippen molar-refractivity contribution in [2.45, 2.75) is 51.0 Å². The second-order valence-corrected chi connectivity index (χ2v) is 8.72. The molecule has 2 fully saturated rings. The van der Waals surface area contributed by atoms with Crippen LogP contribution in [0.25, 0.3) is 0 Å². The lowest BCUT2D eigenvalue weighted by Gasteiger charge is -2.52. The number of benzene rings is 1. The number of fused-ring (bicyclic) bond motifs is 1. The SMILES string of the molecule is CC12CCCC[C@@H]1CCCN2C(=O)c1ccc(NC(=O)c2ccsc2)cc1. The van der Waals surface area contributed by atoms with Crippen LogP contribution in [0.15, 0.2) is 41.1 Å². The van der Waals surface area contributed by atoms with Crippen LogP contribution in [0.2, 0.25) is 0 Å². The molecule has 2 atom stereocenters. The van der Waals surface area contributed by atoms with Crippen LogP contribution in [0.1, 0.15) is 66.2 Å². The fourth-order valence-electron chi connectivity index (χ4n) is 4.73. The summed E-state index contributed by atoms with van der Waals surface area (Å²) in [5.74, 6) is 0.636.